The lowest BCUT2D eigenvalue weighted by Gasteiger charge is -2.21. The first-order chi connectivity index (χ1) is 7.50. The van der Waals surface area contributed by atoms with E-state index >= 15 is 0 Å². The standard InChI is InChI=1S/C12H16O3S/c1-4-15-11(13)12(2,3)16(14)10-8-6-5-7-9-10/h5-9H,4H2,1-3H3. The number of hydrogen-bond donors (Lipinski definition) is 0. The fourth-order valence-corrected chi connectivity index (χ4v) is 2.42. The molecule has 0 aromatic heterocycles. The second kappa shape index (κ2) is 5.25. The zero-order chi connectivity index (χ0) is 12.2. The van der Waals surface area contributed by atoms with Crippen molar-refractivity contribution in [3.63, 3.8) is 0 Å². The van der Waals surface area contributed by atoms with E-state index in [2.05, 4.69) is 0 Å². The average Bonchev–Trinajstić information content (AvgIpc) is 2.29. The van der Waals surface area contributed by atoms with Gasteiger partial charge in [-0.1, -0.05) is 18.2 Å². The lowest BCUT2D eigenvalue weighted by atomic mass is 10.2. The number of benzene rings is 1. The lowest BCUT2D eigenvalue weighted by molar-refractivity contribution is -0.145. The van der Waals surface area contributed by atoms with Crippen molar-refractivity contribution < 1.29 is 13.7 Å². The van der Waals surface area contributed by atoms with Crippen LogP contribution in [0.2, 0.25) is 0 Å². The number of ether oxygens (including phenoxy) is 1. The van der Waals surface area contributed by atoms with Gasteiger partial charge in [0.1, 0.15) is 4.75 Å². The summed E-state index contributed by atoms with van der Waals surface area (Å²) in [6.07, 6.45) is 0. The minimum atomic E-state index is -1.40. The van der Waals surface area contributed by atoms with Crippen molar-refractivity contribution in [3.8, 4) is 0 Å². The molecule has 0 saturated carbocycles. The van der Waals surface area contributed by atoms with E-state index in [1.54, 1.807) is 45.0 Å². The summed E-state index contributed by atoms with van der Waals surface area (Å²) in [7, 11) is -1.40. The molecule has 1 atom stereocenters. The molecule has 1 unspecified atom stereocenters. The molecule has 1 aromatic rings. The van der Waals surface area contributed by atoms with Gasteiger partial charge < -0.3 is 4.74 Å². The van der Waals surface area contributed by atoms with Gasteiger partial charge in [-0.3, -0.25) is 9.00 Å². The Labute approximate surface area is 98.3 Å². The van der Waals surface area contributed by atoms with E-state index in [4.69, 9.17) is 4.74 Å². The predicted molar refractivity (Wildman–Crippen MR) is 63.6 cm³/mol. The largest absolute Gasteiger partial charge is 0.465 e. The van der Waals surface area contributed by atoms with Crippen LogP contribution in [-0.4, -0.2) is 21.5 Å². The van der Waals surface area contributed by atoms with Gasteiger partial charge in [-0.25, -0.2) is 0 Å². The Morgan fingerprint density at radius 3 is 2.38 bits per heavy atom. The topological polar surface area (TPSA) is 43.4 Å². The van der Waals surface area contributed by atoms with Crippen LogP contribution in [0.4, 0.5) is 0 Å². The van der Waals surface area contributed by atoms with Gasteiger partial charge in [0.25, 0.3) is 0 Å². The highest BCUT2D eigenvalue weighted by Gasteiger charge is 2.36. The first-order valence-electron chi connectivity index (χ1n) is 5.14. The number of hydrogen-bond acceptors (Lipinski definition) is 3. The molecule has 0 bridgehead atoms. The molecule has 3 nitrogen and oxygen atoms in total. The van der Waals surface area contributed by atoms with Crippen molar-refractivity contribution in [2.75, 3.05) is 6.61 Å². The van der Waals surface area contributed by atoms with E-state index in [0.717, 1.165) is 0 Å². The highest BCUT2D eigenvalue weighted by Crippen LogP contribution is 2.22. The molecule has 0 amide bonds. The summed E-state index contributed by atoms with van der Waals surface area (Å²) in [6, 6.07) is 8.94. The van der Waals surface area contributed by atoms with Gasteiger partial charge in [-0.05, 0) is 32.9 Å². The predicted octanol–water partition coefficient (Wildman–Crippen LogP) is 2.14. The van der Waals surface area contributed by atoms with Gasteiger partial charge >= 0.3 is 5.97 Å². The van der Waals surface area contributed by atoms with Crippen molar-refractivity contribution in [2.24, 2.45) is 0 Å². The van der Waals surface area contributed by atoms with Crippen LogP contribution in [-0.2, 0) is 20.3 Å². The smallest absolute Gasteiger partial charge is 0.324 e. The van der Waals surface area contributed by atoms with Crippen molar-refractivity contribution in [1.82, 2.24) is 0 Å². The molecular formula is C12H16O3S. The van der Waals surface area contributed by atoms with Crippen molar-refractivity contribution in [2.45, 2.75) is 30.4 Å². The molecule has 1 aromatic carbocycles. The Hall–Kier alpha value is -1.16. The van der Waals surface area contributed by atoms with Crippen LogP contribution in [0.25, 0.3) is 0 Å². The maximum Gasteiger partial charge on any atom is 0.324 e. The Kier molecular flexibility index (Phi) is 4.24. The van der Waals surface area contributed by atoms with E-state index in [1.807, 2.05) is 6.07 Å². The van der Waals surface area contributed by atoms with Gasteiger partial charge in [0, 0.05) is 4.90 Å². The van der Waals surface area contributed by atoms with Crippen LogP contribution in [0.1, 0.15) is 20.8 Å². The summed E-state index contributed by atoms with van der Waals surface area (Å²) in [6.45, 7) is 5.30. The molecule has 1 rings (SSSR count). The molecule has 0 aliphatic rings. The third-order valence-corrected chi connectivity index (χ3v) is 3.98. The maximum atomic E-state index is 12.2. The Bertz CT molecular complexity index is 385. The molecule has 16 heavy (non-hydrogen) atoms. The summed E-state index contributed by atoms with van der Waals surface area (Å²) >= 11 is 0. The quantitative estimate of drug-likeness (QED) is 0.757. The van der Waals surface area contributed by atoms with Gasteiger partial charge in [-0.15, -0.1) is 0 Å². The minimum absolute atomic E-state index is 0.300. The van der Waals surface area contributed by atoms with Gasteiger partial charge in [0.15, 0.2) is 0 Å². The van der Waals surface area contributed by atoms with Crippen LogP contribution in [0.3, 0.4) is 0 Å². The lowest BCUT2D eigenvalue weighted by Crippen LogP contribution is -2.38. The Morgan fingerprint density at radius 2 is 1.88 bits per heavy atom. The summed E-state index contributed by atoms with van der Waals surface area (Å²) in [5.74, 6) is -0.433. The minimum Gasteiger partial charge on any atom is -0.465 e. The maximum absolute atomic E-state index is 12.2. The van der Waals surface area contributed by atoms with Crippen LogP contribution in [0.15, 0.2) is 35.2 Å². The van der Waals surface area contributed by atoms with Crippen molar-refractivity contribution >= 4 is 16.8 Å². The summed E-state index contributed by atoms with van der Waals surface area (Å²) in [4.78, 5) is 12.3. The van der Waals surface area contributed by atoms with Gasteiger partial charge in [0.2, 0.25) is 0 Å². The zero-order valence-electron chi connectivity index (χ0n) is 9.73. The zero-order valence-corrected chi connectivity index (χ0v) is 10.5. The van der Waals surface area contributed by atoms with E-state index in [-0.39, 0.29) is 0 Å². The summed E-state index contributed by atoms with van der Waals surface area (Å²) in [5.41, 5.74) is 0. The second-order valence-corrected chi connectivity index (χ2v) is 5.84. The molecule has 4 heteroatoms. The molecule has 0 saturated heterocycles. The average molecular weight is 240 g/mol. The third-order valence-electron chi connectivity index (χ3n) is 2.19. The molecule has 0 N–H and O–H groups in total. The molecule has 88 valence electrons. The molecule has 0 aliphatic carbocycles. The Morgan fingerprint density at radius 1 is 1.31 bits per heavy atom. The van der Waals surface area contributed by atoms with Gasteiger partial charge in [-0.2, -0.15) is 0 Å². The summed E-state index contributed by atoms with van der Waals surface area (Å²) in [5, 5.41) is 0. The monoisotopic (exact) mass is 240 g/mol. The van der Waals surface area contributed by atoms with Crippen molar-refractivity contribution in [1.29, 1.82) is 0 Å². The second-order valence-electron chi connectivity index (χ2n) is 3.81. The first-order valence-corrected chi connectivity index (χ1v) is 6.29. The fourth-order valence-electron chi connectivity index (χ4n) is 1.22. The molecule has 0 spiro atoms. The number of rotatable bonds is 4. The van der Waals surface area contributed by atoms with Crippen LogP contribution in [0, 0.1) is 0 Å². The van der Waals surface area contributed by atoms with Crippen LogP contribution in [0.5, 0.6) is 0 Å². The van der Waals surface area contributed by atoms with E-state index in [1.165, 1.54) is 0 Å². The van der Waals surface area contributed by atoms with Crippen molar-refractivity contribution in [3.05, 3.63) is 30.3 Å². The molecule has 0 fully saturated rings. The molecule has 0 heterocycles. The number of carbonyl (C=O) groups is 1. The Balaban J connectivity index is 2.92. The molecule has 0 aliphatic heterocycles. The van der Waals surface area contributed by atoms with E-state index < -0.39 is 21.5 Å². The van der Waals surface area contributed by atoms with E-state index in [9.17, 15) is 9.00 Å². The van der Waals surface area contributed by atoms with E-state index in [0.29, 0.717) is 11.5 Å². The summed E-state index contributed by atoms with van der Waals surface area (Å²) < 4.78 is 16.1. The number of carbonyl (C=O) groups excluding carboxylic acids is 1. The molecular weight excluding hydrogens is 224 g/mol. The number of esters is 1. The highest BCUT2D eigenvalue weighted by molar-refractivity contribution is 7.87. The van der Waals surface area contributed by atoms with Crippen LogP contribution < -0.4 is 0 Å². The normalized spacial score (nSPS) is 13.2. The SMILES string of the molecule is CCOC(=O)C(C)(C)S(=O)c1ccccc1. The highest BCUT2D eigenvalue weighted by atomic mass is 32.2. The third kappa shape index (κ3) is 2.70. The first kappa shape index (κ1) is 12.9. The molecule has 0 radical (unpaired) electrons. The fraction of sp³-hybridized carbons (Fsp3) is 0.417. The van der Waals surface area contributed by atoms with Gasteiger partial charge in [0.05, 0.1) is 17.4 Å². The van der Waals surface area contributed by atoms with Crippen LogP contribution >= 0.6 is 0 Å².